The van der Waals surface area contributed by atoms with Crippen molar-refractivity contribution in [2.45, 2.75) is 45.4 Å². The molecule has 0 N–H and O–H groups in total. The van der Waals surface area contributed by atoms with Gasteiger partial charge in [-0.3, -0.25) is 0 Å². The van der Waals surface area contributed by atoms with Gasteiger partial charge in [0.15, 0.2) is 0 Å². The Hall–Kier alpha value is -0.883. The van der Waals surface area contributed by atoms with Gasteiger partial charge >= 0.3 is 8.80 Å². The van der Waals surface area contributed by atoms with Gasteiger partial charge in [-0.25, -0.2) is 0 Å². The number of unbranched alkanes of at least 4 members (excludes halogenated alkanes) is 5. The molecule has 0 amide bonds. The SMILES string of the molecule is CCCCCCCCOc1ccc([Si](OC)(OC)OC)cc1. The molecule has 0 bridgehead atoms. The average Bonchev–Trinajstić information content (AvgIpc) is 2.57. The van der Waals surface area contributed by atoms with Gasteiger partial charge in [0.2, 0.25) is 0 Å². The summed E-state index contributed by atoms with van der Waals surface area (Å²) in [6.45, 7) is 3.01. The van der Waals surface area contributed by atoms with E-state index in [1.54, 1.807) is 21.3 Å². The summed E-state index contributed by atoms with van der Waals surface area (Å²) in [6, 6.07) is 7.81. The van der Waals surface area contributed by atoms with Gasteiger partial charge in [-0.05, 0) is 18.6 Å². The largest absolute Gasteiger partial charge is 0.536 e. The number of ether oxygens (including phenoxy) is 1. The summed E-state index contributed by atoms with van der Waals surface area (Å²) < 4.78 is 22.2. The maximum atomic E-state index is 5.77. The monoisotopic (exact) mass is 326 g/mol. The zero-order valence-corrected chi connectivity index (χ0v) is 15.4. The van der Waals surface area contributed by atoms with Crippen LogP contribution in [0.25, 0.3) is 0 Å². The summed E-state index contributed by atoms with van der Waals surface area (Å²) in [6.07, 6.45) is 7.62. The minimum Gasteiger partial charge on any atom is -0.494 e. The zero-order chi connectivity index (χ0) is 16.3. The number of benzene rings is 1. The molecule has 0 aliphatic rings. The second-order valence-electron chi connectivity index (χ2n) is 5.31. The normalized spacial score (nSPS) is 11.6. The van der Waals surface area contributed by atoms with E-state index in [9.17, 15) is 0 Å². The van der Waals surface area contributed by atoms with E-state index in [-0.39, 0.29) is 0 Å². The molecule has 0 aliphatic heterocycles. The minimum atomic E-state index is -2.73. The first-order chi connectivity index (χ1) is 10.7. The molecular weight excluding hydrogens is 296 g/mol. The van der Waals surface area contributed by atoms with E-state index in [2.05, 4.69) is 6.92 Å². The summed E-state index contributed by atoms with van der Waals surface area (Å²) in [4.78, 5) is 0. The maximum absolute atomic E-state index is 5.77. The fraction of sp³-hybridized carbons (Fsp3) is 0.647. The lowest BCUT2D eigenvalue weighted by Crippen LogP contribution is -2.54. The molecule has 0 heterocycles. The summed E-state index contributed by atoms with van der Waals surface area (Å²) >= 11 is 0. The first-order valence-electron chi connectivity index (χ1n) is 8.11. The molecule has 4 nitrogen and oxygen atoms in total. The van der Waals surface area contributed by atoms with Gasteiger partial charge in [0.1, 0.15) is 5.75 Å². The molecule has 126 valence electrons. The van der Waals surface area contributed by atoms with Crippen molar-refractivity contribution in [1.82, 2.24) is 0 Å². The van der Waals surface area contributed by atoms with Crippen molar-refractivity contribution in [1.29, 1.82) is 0 Å². The van der Waals surface area contributed by atoms with Crippen molar-refractivity contribution in [2.75, 3.05) is 27.9 Å². The van der Waals surface area contributed by atoms with E-state index in [4.69, 9.17) is 18.0 Å². The molecule has 0 radical (unpaired) electrons. The molecule has 0 unspecified atom stereocenters. The Kier molecular flexibility index (Phi) is 9.39. The molecular formula is C17H30O4Si. The Morgan fingerprint density at radius 3 is 1.86 bits per heavy atom. The second-order valence-corrected chi connectivity index (χ2v) is 8.22. The van der Waals surface area contributed by atoms with Crippen molar-refractivity contribution in [3.8, 4) is 5.75 Å². The van der Waals surface area contributed by atoms with E-state index in [1.807, 2.05) is 24.3 Å². The maximum Gasteiger partial charge on any atom is 0.536 e. The smallest absolute Gasteiger partial charge is 0.494 e. The Morgan fingerprint density at radius 1 is 0.773 bits per heavy atom. The van der Waals surface area contributed by atoms with Crippen LogP contribution in [0.15, 0.2) is 24.3 Å². The van der Waals surface area contributed by atoms with Gasteiger partial charge in [-0.15, -0.1) is 0 Å². The van der Waals surface area contributed by atoms with Gasteiger partial charge in [0, 0.05) is 26.5 Å². The molecule has 0 fully saturated rings. The summed E-state index contributed by atoms with van der Waals surface area (Å²) in [5.74, 6) is 0.878. The van der Waals surface area contributed by atoms with Gasteiger partial charge in [-0.1, -0.05) is 51.2 Å². The zero-order valence-electron chi connectivity index (χ0n) is 14.4. The average molecular weight is 327 g/mol. The Labute approximate surface area is 136 Å². The number of hydrogen-bond donors (Lipinski definition) is 0. The second kappa shape index (κ2) is 10.8. The van der Waals surface area contributed by atoms with E-state index < -0.39 is 8.80 Å². The highest BCUT2D eigenvalue weighted by Gasteiger charge is 2.40. The Balaban J connectivity index is 2.39. The lowest BCUT2D eigenvalue weighted by molar-refractivity contribution is 0.140. The quantitative estimate of drug-likeness (QED) is 0.435. The molecule has 0 spiro atoms. The standard InChI is InChI=1S/C17H30O4Si/c1-5-6-7-8-9-10-15-21-16-11-13-17(14-12-16)22(18-2,19-3)20-4/h11-14H,5-10,15H2,1-4H3. The van der Waals surface area contributed by atoms with Gasteiger partial charge in [-0.2, -0.15) is 0 Å². The fourth-order valence-electron chi connectivity index (χ4n) is 2.43. The molecule has 1 aromatic carbocycles. The highest BCUT2D eigenvalue weighted by atomic mass is 28.4. The fourth-order valence-corrected chi connectivity index (χ4v) is 4.21. The van der Waals surface area contributed by atoms with Crippen LogP contribution in [0.5, 0.6) is 5.75 Å². The highest BCUT2D eigenvalue weighted by molar-refractivity contribution is 6.75. The summed E-state index contributed by atoms with van der Waals surface area (Å²) in [7, 11) is 2.11. The van der Waals surface area contributed by atoms with Crippen molar-refractivity contribution in [3.05, 3.63) is 24.3 Å². The van der Waals surface area contributed by atoms with Crippen LogP contribution < -0.4 is 9.92 Å². The van der Waals surface area contributed by atoms with E-state index in [0.717, 1.165) is 24.0 Å². The van der Waals surface area contributed by atoms with Crippen LogP contribution in [-0.2, 0) is 13.3 Å². The van der Waals surface area contributed by atoms with Crippen LogP contribution in [0, 0.1) is 0 Å². The minimum absolute atomic E-state index is 0.771. The molecule has 22 heavy (non-hydrogen) atoms. The molecule has 1 aromatic rings. The molecule has 0 saturated carbocycles. The third-order valence-electron chi connectivity index (χ3n) is 3.78. The van der Waals surface area contributed by atoms with Crippen molar-refractivity contribution in [2.24, 2.45) is 0 Å². The number of hydrogen-bond acceptors (Lipinski definition) is 4. The third-order valence-corrected chi connectivity index (χ3v) is 6.43. The predicted molar refractivity (Wildman–Crippen MR) is 91.7 cm³/mol. The highest BCUT2D eigenvalue weighted by Crippen LogP contribution is 2.13. The van der Waals surface area contributed by atoms with Crippen LogP contribution in [0.1, 0.15) is 45.4 Å². The van der Waals surface area contributed by atoms with Gasteiger partial charge in [0.05, 0.1) is 6.61 Å². The van der Waals surface area contributed by atoms with Gasteiger partial charge < -0.3 is 18.0 Å². The lowest BCUT2D eigenvalue weighted by atomic mass is 10.1. The van der Waals surface area contributed by atoms with Crippen molar-refractivity contribution < 1.29 is 18.0 Å². The Morgan fingerprint density at radius 2 is 1.32 bits per heavy atom. The van der Waals surface area contributed by atoms with Crippen LogP contribution in [-0.4, -0.2) is 36.7 Å². The third kappa shape index (κ3) is 5.72. The van der Waals surface area contributed by atoms with Gasteiger partial charge in [0.25, 0.3) is 0 Å². The predicted octanol–water partition coefficient (Wildman–Crippen LogP) is 3.51. The molecule has 0 saturated heterocycles. The molecule has 1 rings (SSSR count). The summed E-state index contributed by atoms with van der Waals surface area (Å²) in [5, 5.41) is 0.937. The van der Waals surface area contributed by atoms with Crippen LogP contribution in [0.3, 0.4) is 0 Å². The first-order valence-corrected chi connectivity index (χ1v) is 9.83. The lowest BCUT2D eigenvalue weighted by Gasteiger charge is -2.24. The molecule has 0 atom stereocenters. The van der Waals surface area contributed by atoms with E-state index in [0.29, 0.717) is 0 Å². The Bertz CT molecular complexity index is 382. The van der Waals surface area contributed by atoms with Crippen LogP contribution in [0.4, 0.5) is 0 Å². The molecule has 5 heteroatoms. The van der Waals surface area contributed by atoms with Crippen LogP contribution in [0.2, 0.25) is 0 Å². The van der Waals surface area contributed by atoms with Crippen LogP contribution >= 0.6 is 0 Å². The van der Waals surface area contributed by atoms with Crippen molar-refractivity contribution in [3.63, 3.8) is 0 Å². The van der Waals surface area contributed by atoms with E-state index >= 15 is 0 Å². The van der Waals surface area contributed by atoms with Crippen molar-refractivity contribution >= 4 is 14.0 Å². The number of rotatable bonds is 12. The summed E-state index contributed by atoms with van der Waals surface area (Å²) in [5.41, 5.74) is 0. The topological polar surface area (TPSA) is 36.9 Å². The molecule has 0 aromatic heterocycles. The first kappa shape index (κ1) is 19.2. The molecule has 0 aliphatic carbocycles. The van der Waals surface area contributed by atoms with E-state index in [1.165, 1.54) is 32.1 Å².